The van der Waals surface area contributed by atoms with Crippen LogP contribution in [0.2, 0.25) is 0 Å². The fourth-order valence-electron chi connectivity index (χ4n) is 1.94. The van der Waals surface area contributed by atoms with Crippen molar-refractivity contribution in [3.63, 3.8) is 0 Å². The number of likely N-dealkylation sites (tertiary alicyclic amines) is 1. The van der Waals surface area contributed by atoms with Gasteiger partial charge in [0, 0.05) is 18.0 Å². The van der Waals surface area contributed by atoms with Crippen molar-refractivity contribution in [2.75, 3.05) is 6.54 Å². The summed E-state index contributed by atoms with van der Waals surface area (Å²) in [6.07, 6.45) is 0. The summed E-state index contributed by atoms with van der Waals surface area (Å²) < 4.78 is 0. The van der Waals surface area contributed by atoms with E-state index < -0.39 is 0 Å². The number of hydrogen-bond donors (Lipinski definition) is 0. The minimum absolute atomic E-state index is 0.0485. The van der Waals surface area contributed by atoms with E-state index in [0.717, 1.165) is 0 Å². The second kappa shape index (κ2) is 4.08. The Morgan fingerprint density at radius 1 is 1.25 bits per heavy atom. The minimum atomic E-state index is -0.179. The van der Waals surface area contributed by atoms with Crippen LogP contribution in [0, 0.1) is 11.8 Å². The van der Waals surface area contributed by atoms with Gasteiger partial charge in [-0.2, -0.15) is 0 Å². The quantitative estimate of drug-likeness (QED) is 0.674. The van der Waals surface area contributed by atoms with Crippen LogP contribution in [0.25, 0.3) is 0 Å². The largest absolute Gasteiger partial charge is 0.278 e. The first-order chi connectivity index (χ1) is 7.61. The maximum atomic E-state index is 12.1. The van der Waals surface area contributed by atoms with Crippen LogP contribution in [0.5, 0.6) is 0 Å². The SMILES string of the molecule is C[C@@H]1CN(C(=O)c2ccccc2)C(=O)[C@@H]1C. The second-order valence-electron chi connectivity index (χ2n) is 4.39. The van der Waals surface area contributed by atoms with Crippen molar-refractivity contribution < 1.29 is 9.59 Å². The molecule has 0 aliphatic carbocycles. The van der Waals surface area contributed by atoms with Gasteiger partial charge in [-0.05, 0) is 18.1 Å². The number of imide groups is 1. The molecule has 0 unspecified atom stereocenters. The minimum Gasteiger partial charge on any atom is -0.278 e. The van der Waals surface area contributed by atoms with Gasteiger partial charge in [-0.15, -0.1) is 0 Å². The second-order valence-corrected chi connectivity index (χ2v) is 4.39. The molecule has 0 bridgehead atoms. The Hall–Kier alpha value is -1.64. The summed E-state index contributed by atoms with van der Waals surface area (Å²) in [6.45, 7) is 4.42. The van der Waals surface area contributed by atoms with Crippen LogP contribution in [-0.4, -0.2) is 23.3 Å². The fraction of sp³-hybridized carbons (Fsp3) is 0.385. The molecule has 16 heavy (non-hydrogen) atoms. The van der Waals surface area contributed by atoms with E-state index in [2.05, 4.69) is 0 Å². The van der Waals surface area contributed by atoms with Gasteiger partial charge < -0.3 is 0 Å². The van der Waals surface area contributed by atoms with Crippen molar-refractivity contribution in [2.24, 2.45) is 11.8 Å². The standard InChI is InChI=1S/C13H15NO2/c1-9-8-14(12(15)10(9)2)13(16)11-6-4-3-5-7-11/h3-7,9-10H,8H2,1-2H3/t9-,10-/m1/s1. The number of rotatable bonds is 1. The molecular formula is C13H15NO2. The molecule has 2 amide bonds. The third-order valence-corrected chi connectivity index (χ3v) is 3.25. The normalized spacial score (nSPS) is 24.9. The highest BCUT2D eigenvalue weighted by molar-refractivity contribution is 6.06. The smallest absolute Gasteiger partial charge is 0.260 e. The number of amides is 2. The van der Waals surface area contributed by atoms with Gasteiger partial charge in [0.2, 0.25) is 5.91 Å². The van der Waals surface area contributed by atoms with Crippen molar-refractivity contribution in [1.82, 2.24) is 4.90 Å². The average Bonchev–Trinajstić information content (AvgIpc) is 2.57. The summed E-state index contributed by atoms with van der Waals surface area (Å²) in [5, 5.41) is 0. The first-order valence-corrected chi connectivity index (χ1v) is 5.52. The summed E-state index contributed by atoms with van der Waals surface area (Å²) in [5.74, 6) is -0.0315. The monoisotopic (exact) mass is 217 g/mol. The van der Waals surface area contributed by atoms with Gasteiger partial charge in [-0.1, -0.05) is 32.0 Å². The third-order valence-electron chi connectivity index (χ3n) is 3.25. The van der Waals surface area contributed by atoms with Crippen molar-refractivity contribution in [1.29, 1.82) is 0 Å². The van der Waals surface area contributed by atoms with Gasteiger partial charge in [0.1, 0.15) is 0 Å². The fourth-order valence-corrected chi connectivity index (χ4v) is 1.94. The van der Waals surface area contributed by atoms with Gasteiger partial charge in [-0.25, -0.2) is 0 Å². The maximum Gasteiger partial charge on any atom is 0.260 e. The molecule has 0 radical (unpaired) electrons. The summed E-state index contributed by atoms with van der Waals surface area (Å²) in [7, 11) is 0. The van der Waals surface area contributed by atoms with Crippen molar-refractivity contribution in [3.05, 3.63) is 35.9 Å². The van der Waals surface area contributed by atoms with Crippen LogP contribution >= 0.6 is 0 Å². The Kier molecular flexibility index (Phi) is 2.77. The molecule has 2 rings (SSSR count). The molecule has 1 aliphatic rings. The summed E-state index contributed by atoms with van der Waals surface area (Å²) in [6, 6.07) is 8.95. The molecule has 1 fully saturated rings. The van der Waals surface area contributed by atoms with Gasteiger partial charge in [-0.3, -0.25) is 14.5 Å². The highest BCUT2D eigenvalue weighted by Crippen LogP contribution is 2.25. The average molecular weight is 217 g/mol. The number of carbonyl (C=O) groups excluding carboxylic acids is 2. The number of nitrogens with zero attached hydrogens (tertiary/aromatic N) is 1. The zero-order valence-corrected chi connectivity index (χ0v) is 9.51. The molecule has 3 nitrogen and oxygen atoms in total. The topological polar surface area (TPSA) is 37.4 Å². The Bertz CT molecular complexity index is 413. The lowest BCUT2D eigenvalue weighted by Crippen LogP contribution is -2.33. The van der Waals surface area contributed by atoms with Gasteiger partial charge in [0.25, 0.3) is 5.91 Å². The molecule has 3 heteroatoms. The van der Waals surface area contributed by atoms with E-state index in [1.165, 1.54) is 4.90 Å². The van der Waals surface area contributed by atoms with Crippen LogP contribution in [0.15, 0.2) is 30.3 Å². The molecule has 0 N–H and O–H groups in total. The van der Waals surface area contributed by atoms with Crippen molar-refractivity contribution in [2.45, 2.75) is 13.8 Å². The van der Waals surface area contributed by atoms with E-state index in [0.29, 0.717) is 12.1 Å². The molecule has 0 aromatic heterocycles. The first-order valence-electron chi connectivity index (χ1n) is 5.52. The summed E-state index contributed by atoms with van der Waals surface area (Å²) >= 11 is 0. The third kappa shape index (κ3) is 1.73. The molecule has 0 saturated carbocycles. The number of benzene rings is 1. The van der Waals surface area contributed by atoms with Gasteiger partial charge in [0.15, 0.2) is 0 Å². The van der Waals surface area contributed by atoms with E-state index in [9.17, 15) is 9.59 Å². The summed E-state index contributed by atoms with van der Waals surface area (Å²) in [5.41, 5.74) is 0.581. The molecule has 1 saturated heterocycles. The van der Waals surface area contributed by atoms with E-state index in [1.807, 2.05) is 19.9 Å². The van der Waals surface area contributed by atoms with Crippen LogP contribution in [-0.2, 0) is 4.79 Å². The predicted octanol–water partition coefficient (Wildman–Crippen LogP) is 1.94. The van der Waals surface area contributed by atoms with E-state index in [-0.39, 0.29) is 23.7 Å². The van der Waals surface area contributed by atoms with Gasteiger partial charge in [0.05, 0.1) is 0 Å². The number of carbonyl (C=O) groups is 2. The van der Waals surface area contributed by atoms with E-state index in [4.69, 9.17) is 0 Å². The van der Waals surface area contributed by atoms with Crippen LogP contribution in [0.3, 0.4) is 0 Å². The molecule has 1 aromatic carbocycles. The molecule has 1 aliphatic heterocycles. The number of hydrogen-bond acceptors (Lipinski definition) is 2. The van der Waals surface area contributed by atoms with Crippen molar-refractivity contribution in [3.8, 4) is 0 Å². The van der Waals surface area contributed by atoms with Gasteiger partial charge >= 0.3 is 0 Å². The van der Waals surface area contributed by atoms with E-state index >= 15 is 0 Å². The molecular weight excluding hydrogens is 202 g/mol. The lowest BCUT2D eigenvalue weighted by atomic mass is 10.0. The van der Waals surface area contributed by atoms with Crippen LogP contribution < -0.4 is 0 Å². The highest BCUT2D eigenvalue weighted by atomic mass is 16.2. The van der Waals surface area contributed by atoms with Crippen molar-refractivity contribution >= 4 is 11.8 Å². The lowest BCUT2D eigenvalue weighted by Gasteiger charge is -2.13. The molecule has 1 heterocycles. The molecule has 1 aromatic rings. The van der Waals surface area contributed by atoms with E-state index in [1.54, 1.807) is 24.3 Å². The Morgan fingerprint density at radius 2 is 1.88 bits per heavy atom. The first kappa shape index (κ1) is 10.9. The van der Waals surface area contributed by atoms with Crippen LogP contribution in [0.1, 0.15) is 24.2 Å². The molecule has 2 atom stereocenters. The summed E-state index contributed by atoms with van der Waals surface area (Å²) in [4.78, 5) is 25.3. The Morgan fingerprint density at radius 3 is 2.38 bits per heavy atom. The molecule has 84 valence electrons. The highest BCUT2D eigenvalue weighted by Gasteiger charge is 2.38. The van der Waals surface area contributed by atoms with Crippen LogP contribution in [0.4, 0.5) is 0 Å². The Balaban J connectivity index is 2.22. The lowest BCUT2D eigenvalue weighted by molar-refractivity contribution is -0.128. The maximum absolute atomic E-state index is 12.1. The predicted molar refractivity (Wildman–Crippen MR) is 60.8 cm³/mol. The zero-order chi connectivity index (χ0) is 11.7. The molecule has 0 spiro atoms. The Labute approximate surface area is 95.1 Å². The zero-order valence-electron chi connectivity index (χ0n) is 9.51.